The molecule has 0 aliphatic rings. The zero-order chi connectivity index (χ0) is 27.3. The Labute approximate surface area is 221 Å². The highest BCUT2D eigenvalue weighted by atomic mass is 35.5. The number of hydrogen-bond donors (Lipinski definition) is 1. The van der Waals surface area contributed by atoms with E-state index in [4.69, 9.17) is 25.8 Å². The summed E-state index contributed by atoms with van der Waals surface area (Å²) in [6, 6.07) is 3.54. The van der Waals surface area contributed by atoms with E-state index in [9.17, 15) is 9.90 Å². The van der Waals surface area contributed by atoms with E-state index in [1.165, 1.54) is 10.8 Å². The van der Waals surface area contributed by atoms with Crippen molar-refractivity contribution >= 4 is 30.8 Å². The minimum absolute atomic E-state index is 0.0608. The van der Waals surface area contributed by atoms with Gasteiger partial charge >= 0.3 is 5.69 Å². The minimum Gasteiger partial charge on any atom is -0.487 e. The van der Waals surface area contributed by atoms with Gasteiger partial charge in [-0.25, -0.2) is 18.7 Å². The largest absolute Gasteiger partial charge is 0.487 e. The summed E-state index contributed by atoms with van der Waals surface area (Å²) >= 11 is 6.19. The lowest BCUT2D eigenvalue weighted by Crippen LogP contribution is -2.27. The van der Waals surface area contributed by atoms with Crippen LogP contribution in [-0.2, 0) is 11.5 Å². The lowest BCUT2D eigenvalue weighted by atomic mass is 10.3. The highest BCUT2D eigenvalue weighted by Crippen LogP contribution is 2.31. The van der Waals surface area contributed by atoms with Crippen LogP contribution in [0, 0.1) is 5.82 Å². The van der Waals surface area contributed by atoms with E-state index in [1.54, 1.807) is 19.9 Å². The van der Waals surface area contributed by atoms with Crippen LogP contribution >= 0.6 is 11.6 Å². The van der Waals surface area contributed by atoms with Crippen molar-refractivity contribution in [3.05, 3.63) is 51.8 Å². The maximum atomic E-state index is 15.3. The van der Waals surface area contributed by atoms with Gasteiger partial charge in [-0.2, -0.15) is 4.98 Å². The first kappa shape index (κ1) is 28.8. The molecule has 1 atom stereocenters. The average Bonchev–Trinajstić information content (AvgIpc) is 3.08. The molecule has 12 heteroatoms. The van der Waals surface area contributed by atoms with Gasteiger partial charge in [-0.1, -0.05) is 37.8 Å². The molecule has 0 aliphatic heterocycles. The summed E-state index contributed by atoms with van der Waals surface area (Å²) in [6.45, 7) is 14.6. The van der Waals surface area contributed by atoms with Crippen LogP contribution < -0.4 is 15.2 Å². The van der Waals surface area contributed by atoms with Crippen LogP contribution in [0.15, 0.2) is 35.3 Å². The number of aliphatic hydroxyl groups excluding tert-OH is 1. The van der Waals surface area contributed by atoms with E-state index in [2.05, 4.69) is 36.2 Å². The number of hydrogen-bond acceptors (Lipinski definition) is 7. The predicted octanol–water partition coefficient (Wildman–Crippen LogP) is 4.79. The second kappa shape index (κ2) is 12.2. The van der Waals surface area contributed by atoms with Crippen LogP contribution in [0.4, 0.5) is 4.39 Å². The molecule has 0 amide bonds. The molecule has 3 rings (SSSR count). The van der Waals surface area contributed by atoms with Gasteiger partial charge in [-0.05, 0) is 25.5 Å². The van der Waals surface area contributed by atoms with E-state index in [0.717, 1.165) is 22.3 Å². The number of pyridine rings is 2. The lowest BCUT2D eigenvalue weighted by Gasteiger charge is -2.15. The topological polar surface area (TPSA) is 101 Å². The Morgan fingerprint density at radius 1 is 1.35 bits per heavy atom. The van der Waals surface area contributed by atoms with Crippen LogP contribution in [0.2, 0.25) is 30.7 Å². The molecule has 0 aromatic carbocycles. The number of nitrogens with zero attached hydrogens (tertiary/aromatic N) is 4. The fourth-order valence-electron chi connectivity index (χ4n) is 3.42. The Morgan fingerprint density at radius 3 is 2.73 bits per heavy atom. The van der Waals surface area contributed by atoms with E-state index in [-0.39, 0.29) is 47.8 Å². The van der Waals surface area contributed by atoms with Gasteiger partial charge in [-0.15, -0.1) is 0 Å². The molecule has 0 fully saturated rings. The van der Waals surface area contributed by atoms with E-state index < -0.39 is 25.7 Å². The molecule has 202 valence electrons. The standard InChI is InChI=1S/C25H34ClFN4O5Si/c1-16(2)14-35-20-7-9-28-23-21(20)31(25(33)30(23)15-34-11-12-37(4,5)6)22-19(27)13-18(26)24(29-22)36-17(3)8-10-32/h7,9,13,17,32H,1,8,10-12,14-15H2,2-6H3. The Kier molecular flexibility index (Phi) is 9.51. The van der Waals surface area contributed by atoms with Gasteiger partial charge in [0.1, 0.15) is 29.6 Å². The smallest absolute Gasteiger partial charge is 0.338 e. The molecule has 3 aromatic heterocycles. The third kappa shape index (κ3) is 7.19. The molecule has 0 bridgehead atoms. The Balaban J connectivity index is 2.16. The number of rotatable bonds is 13. The number of aliphatic hydroxyl groups is 1. The van der Waals surface area contributed by atoms with E-state index >= 15 is 4.39 Å². The molecule has 3 heterocycles. The van der Waals surface area contributed by atoms with Crippen LogP contribution in [0.3, 0.4) is 0 Å². The highest BCUT2D eigenvalue weighted by molar-refractivity contribution is 6.76. The zero-order valence-electron chi connectivity index (χ0n) is 21.9. The average molecular weight is 553 g/mol. The Hall–Kier alpha value is -2.73. The van der Waals surface area contributed by atoms with Crippen molar-refractivity contribution in [2.24, 2.45) is 0 Å². The van der Waals surface area contributed by atoms with Gasteiger partial charge < -0.3 is 19.3 Å². The molecule has 1 unspecified atom stereocenters. The van der Waals surface area contributed by atoms with Gasteiger partial charge in [0, 0.05) is 46.0 Å². The molecule has 0 aliphatic carbocycles. The summed E-state index contributed by atoms with van der Waals surface area (Å²) in [6.07, 6.45) is 1.39. The molecule has 37 heavy (non-hydrogen) atoms. The van der Waals surface area contributed by atoms with Crippen LogP contribution in [0.5, 0.6) is 11.6 Å². The second-order valence-corrected chi connectivity index (χ2v) is 16.2. The first-order chi connectivity index (χ1) is 17.4. The highest BCUT2D eigenvalue weighted by Gasteiger charge is 2.25. The summed E-state index contributed by atoms with van der Waals surface area (Å²) < 4.78 is 35.1. The van der Waals surface area contributed by atoms with Crippen molar-refractivity contribution in [2.45, 2.75) is 58.8 Å². The molecule has 0 radical (unpaired) electrons. The number of imidazole rings is 1. The van der Waals surface area contributed by atoms with Crippen molar-refractivity contribution in [3.8, 4) is 17.4 Å². The van der Waals surface area contributed by atoms with Crippen molar-refractivity contribution in [1.29, 1.82) is 0 Å². The number of ether oxygens (including phenoxy) is 3. The second-order valence-electron chi connectivity index (χ2n) is 10.1. The summed E-state index contributed by atoms with van der Waals surface area (Å²) in [5.74, 6) is -0.910. The maximum absolute atomic E-state index is 15.3. The lowest BCUT2D eigenvalue weighted by molar-refractivity contribution is 0.0871. The quantitative estimate of drug-likeness (QED) is 0.185. The molecular formula is C25H34ClFN4O5Si. The van der Waals surface area contributed by atoms with Gasteiger partial charge in [-0.3, -0.25) is 4.57 Å². The normalized spacial score (nSPS) is 12.6. The fraction of sp³-hybridized carbons (Fsp3) is 0.480. The number of fused-ring (bicyclic) bond motifs is 1. The van der Waals surface area contributed by atoms with Gasteiger partial charge in [0.25, 0.3) is 0 Å². The summed E-state index contributed by atoms with van der Waals surface area (Å²) in [4.78, 5) is 22.3. The first-order valence-corrected chi connectivity index (χ1v) is 16.1. The molecule has 0 saturated heterocycles. The molecule has 0 spiro atoms. The van der Waals surface area contributed by atoms with Crippen molar-refractivity contribution in [3.63, 3.8) is 0 Å². The van der Waals surface area contributed by atoms with Crippen LogP contribution in [0.25, 0.3) is 17.0 Å². The Bertz CT molecular complexity index is 1320. The summed E-state index contributed by atoms with van der Waals surface area (Å²) in [7, 11) is -1.34. The Morgan fingerprint density at radius 2 is 2.08 bits per heavy atom. The van der Waals surface area contributed by atoms with Crippen molar-refractivity contribution < 1.29 is 23.7 Å². The maximum Gasteiger partial charge on any atom is 0.338 e. The molecule has 0 saturated carbocycles. The molecule has 1 N–H and O–H groups in total. The molecular weight excluding hydrogens is 519 g/mol. The monoisotopic (exact) mass is 552 g/mol. The minimum atomic E-state index is -1.34. The summed E-state index contributed by atoms with van der Waals surface area (Å²) in [5, 5.41) is 9.13. The third-order valence-electron chi connectivity index (χ3n) is 5.40. The first-order valence-electron chi connectivity index (χ1n) is 12.0. The van der Waals surface area contributed by atoms with E-state index in [0.29, 0.717) is 18.8 Å². The molecule has 9 nitrogen and oxygen atoms in total. The van der Waals surface area contributed by atoms with Crippen LogP contribution in [0.1, 0.15) is 20.3 Å². The predicted molar refractivity (Wildman–Crippen MR) is 144 cm³/mol. The fourth-order valence-corrected chi connectivity index (χ4v) is 4.36. The summed E-state index contributed by atoms with van der Waals surface area (Å²) in [5.41, 5.74) is 0.636. The molecule has 3 aromatic rings. The van der Waals surface area contributed by atoms with Crippen molar-refractivity contribution in [1.82, 2.24) is 19.1 Å². The number of halogens is 2. The van der Waals surface area contributed by atoms with E-state index in [1.807, 2.05) is 0 Å². The SMILES string of the molecule is C=C(C)COc1ccnc2c1n(-c1nc(OC(C)CCO)c(Cl)cc1F)c(=O)n2COCC[Si](C)(C)C. The zero-order valence-corrected chi connectivity index (χ0v) is 23.6. The van der Waals surface area contributed by atoms with Gasteiger partial charge in [0.2, 0.25) is 5.88 Å². The van der Waals surface area contributed by atoms with Gasteiger partial charge in [0.05, 0.1) is 6.10 Å². The van der Waals surface area contributed by atoms with Gasteiger partial charge in [0.15, 0.2) is 17.3 Å². The number of aromatic nitrogens is 4. The van der Waals surface area contributed by atoms with Crippen LogP contribution in [-0.4, -0.2) is 58.2 Å². The van der Waals surface area contributed by atoms with Crippen molar-refractivity contribution in [2.75, 3.05) is 19.8 Å². The third-order valence-corrected chi connectivity index (χ3v) is 7.37.